The zero-order chi connectivity index (χ0) is 10.3. The number of ketones is 1. The summed E-state index contributed by atoms with van der Waals surface area (Å²) < 4.78 is 0. The van der Waals surface area contributed by atoms with Crippen molar-refractivity contribution in [2.24, 2.45) is 5.41 Å². The summed E-state index contributed by atoms with van der Waals surface area (Å²) >= 11 is 0. The molecule has 1 saturated carbocycles. The minimum Gasteiger partial charge on any atom is -0.481 e. The zero-order valence-electron chi connectivity index (χ0n) is 7.83. The van der Waals surface area contributed by atoms with Crippen molar-refractivity contribution in [2.75, 3.05) is 0 Å². The summed E-state index contributed by atoms with van der Waals surface area (Å²) in [6.45, 7) is 2.89. The summed E-state index contributed by atoms with van der Waals surface area (Å²) in [6.07, 6.45) is 0.451. The molecule has 0 saturated heterocycles. The molecule has 1 atom stereocenters. The highest BCUT2D eigenvalue weighted by Gasteiger charge is 2.54. The number of rotatable bonds is 2. The maximum atomic E-state index is 11.0. The molecule has 0 radical (unpaired) electrons. The van der Waals surface area contributed by atoms with Crippen molar-refractivity contribution >= 4 is 11.8 Å². The van der Waals surface area contributed by atoms with Gasteiger partial charge in [0.1, 0.15) is 11.2 Å². The number of carboxylic acid groups (broad SMARTS) is 1. The number of hydrogen-bond donors (Lipinski definition) is 2. The third kappa shape index (κ3) is 1.46. The Hall–Kier alpha value is -0.900. The highest BCUT2D eigenvalue weighted by atomic mass is 16.4. The number of Topliss-reactive ketones (excluding diaryl/α,β-unsaturated/α-hetero) is 1. The van der Waals surface area contributed by atoms with Crippen LogP contribution in [0, 0.1) is 5.41 Å². The van der Waals surface area contributed by atoms with Crippen molar-refractivity contribution in [1.82, 2.24) is 0 Å². The molecule has 0 heterocycles. The molecule has 2 N–H and O–H groups in total. The van der Waals surface area contributed by atoms with Crippen LogP contribution in [0.15, 0.2) is 0 Å². The van der Waals surface area contributed by atoms with Gasteiger partial charge in [-0.3, -0.25) is 9.59 Å². The van der Waals surface area contributed by atoms with Crippen LogP contribution in [0.3, 0.4) is 0 Å². The molecular formula is C9H14O4. The second-order valence-electron chi connectivity index (χ2n) is 4.16. The van der Waals surface area contributed by atoms with Gasteiger partial charge in [-0.2, -0.15) is 0 Å². The number of carboxylic acids is 1. The molecule has 0 aromatic carbocycles. The van der Waals surface area contributed by atoms with Gasteiger partial charge in [-0.15, -0.1) is 0 Å². The van der Waals surface area contributed by atoms with E-state index >= 15 is 0 Å². The Morgan fingerprint density at radius 1 is 1.54 bits per heavy atom. The number of carbonyl (C=O) groups is 2. The summed E-state index contributed by atoms with van der Waals surface area (Å²) in [5, 5.41) is 18.7. The maximum Gasteiger partial charge on any atom is 0.313 e. The normalized spacial score (nSPS) is 29.3. The van der Waals surface area contributed by atoms with E-state index < -0.39 is 17.0 Å². The SMILES string of the molecule is CC(C)(O)C1(C(=O)O)CCC(=O)C1. The van der Waals surface area contributed by atoms with Crippen LogP contribution >= 0.6 is 0 Å². The van der Waals surface area contributed by atoms with Crippen LogP contribution in [0.25, 0.3) is 0 Å². The van der Waals surface area contributed by atoms with Gasteiger partial charge >= 0.3 is 5.97 Å². The molecule has 0 aromatic heterocycles. The standard InChI is InChI=1S/C9H14O4/c1-8(2,13)9(7(11)12)4-3-6(10)5-9/h13H,3-5H2,1-2H3,(H,11,12). The molecule has 0 spiro atoms. The van der Waals surface area contributed by atoms with Crippen LogP contribution in [-0.4, -0.2) is 27.6 Å². The lowest BCUT2D eigenvalue weighted by atomic mass is 9.72. The van der Waals surface area contributed by atoms with Gasteiger partial charge in [0.05, 0.1) is 5.60 Å². The average Bonchev–Trinajstić information content (AvgIpc) is 2.30. The maximum absolute atomic E-state index is 11.0. The van der Waals surface area contributed by atoms with Crippen LogP contribution in [0.5, 0.6) is 0 Å². The second-order valence-corrected chi connectivity index (χ2v) is 4.16. The Morgan fingerprint density at radius 3 is 2.23 bits per heavy atom. The first-order valence-electron chi connectivity index (χ1n) is 4.27. The summed E-state index contributed by atoms with van der Waals surface area (Å²) in [5.41, 5.74) is -2.62. The van der Waals surface area contributed by atoms with Crippen molar-refractivity contribution in [1.29, 1.82) is 0 Å². The monoisotopic (exact) mass is 186 g/mol. The van der Waals surface area contributed by atoms with E-state index in [1.54, 1.807) is 0 Å². The van der Waals surface area contributed by atoms with E-state index in [1.807, 2.05) is 0 Å². The molecule has 1 unspecified atom stereocenters. The zero-order valence-corrected chi connectivity index (χ0v) is 7.83. The van der Waals surface area contributed by atoms with Crippen LogP contribution < -0.4 is 0 Å². The number of aliphatic carboxylic acids is 1. The van der Waals surface area contributed by atoms with Crippen molar-refractivity contribution in [2.45, 2.75) is 38.7 Å². The molecule has 0 amide bonds. The first kappa shape index (κ1) is 10.2. The fraction of sp³-hybridized carbons (Fsp3) is 0.778. The van der Waals surface area contributed by atoms with Crippen molar-refractivity contribution in [3.8, 4) is 0 Å². The Morgan fingerprint density at radius 2 is 2.08 bits per heavy atom. The van der Waals surface area contributed by atoms with Gasteiger partial charge in [0.25, 0.3) is 0 Å². The largest absolute Gasteiger partial charge is 0.481 e. The van der Waals surface area contributed by atoms with E-state index in [9.17, 15) is 14.7 Å². The lowest BCUT2D eigenvalue weighted by Crippen LogP contribution is -2.47. The molecular weight excluding hydrogens is 172 g/mol. The summed E-state index contributed by atoms with van der Waals surface area (Å²) in [6, 6.07) is 0. The molecule has 1 fully saturated rings. The van der Waals surface area contributed by atoms with Crippen LogP contribution in [0.2, 0.25) is 0 Å². The number of carbonyl (C=O) groups excluding carboxylic acids is 1. The molecule has 0 aromatic rings. The summed E-state index contributed by atoms with van der Waals surface area (Å²) in [5.74, 6) is -1.16. The molecule has 0 bridgehead atoms. The smallest absolute Gasteiger partial charge is 0.313 e. The average molecular weight is 186 g/mol. The van der Waals surface area contributed by atoms with Crippen LogP contribution in [-0.2, 0) is 9.59 Å². The topological polar surface area (TPSA) is 74.6 Å². The Kier molecular flexibility index (Phi) is 2.20. The highest BCUT2D eigenvalue weighted by molar-refractivity contribution is 5.90. The lowest BCUT2D eigenvalue weighted by molar-refractivity contribution is -0.165. The predicted octanol–water partition coefficient (Wildman–Crippen LogP) is 0.581. The Bertz CT molecular complexity index is 251. The summed E-state index contributed by atoms with van der Waals surface area (Å²) in [7, 11) is 0. The van der Waals surface area contributed by atoms with E-state index in [4.69, 9.17) is 5.11 Å². The molecule has 74 valence electrons. The first-order chi connectivity index (χ1) is 5.79. The second kappa shape index (κ2) is 2.80. The van der Waals surface area contributed by atoms with Gasteiger partial charge in [0, 0.05) is 12.8 Å². The van der Waals surface area contributed by atoms with Crippen molar-refractivity contribution in [3.05, 3.63) is 0 Å². The van der Waals surface area contributed by atoms with Gasteiger partial charge in [-0.1, -0.05) is 0 Å². The van der Waals surface area contributed by atoms with Gasteiger partial charge in [-0.05, 0) is 20.3 Å². The Labute approximate surface area is 76.6 Å². The molecule has 4 heteroatoms. The quantitative estimate of drug-likeness (QED) is 0.661. The third-order valence-electron chi connectivity index (χ3n) is 2.91. The van der Waals surface area contributed by atoms with E-state index in [0.29, 0.717) is 0 Å². The lowest BCUT2D eigenvalue weighted by Gasteiger charge is -2.35. The van der Waals surface area contributed by atoms with Crippen molar-refractivity contribution < 1.29 is 19.8 Å². The number of aliphatic hydroxyl groups is 1. The molecule has 4 nitrogen and oxygen atoms in total. The highest BCUT2D eigenvalue weighted by Crippen LogP contribution is 2.44. The van der Waals surface area contributed by atoms with Crippen LogP contribution in [0.4, 0.5) is 0 Å². The molecule has 13 heavy (non-hydrogen) atoms. The van der Waals surface area contributed by atoms with Gasteiger partial charge in [0.15, 0.2) is 0 Å². The van der Waals surface area contributed by atoms with Gasteiger partial charge < -0.3 is 10.2 Å². The van der Waals surface area contributed by atoms with E-state index in [-0.39, 0.29) is 25.0 Å². The van der Waals surface area contributed by atoms with E-state index in [0.717, 1.165) is 0 Å². The van der Waals surface area contributed by atoms with Gasteiger partial charge in [0.2, 0.25) is 0 Å². The molecule has 1 aliphatic rings. The Balaban J connectivity index is 3.04. The van der Waals surface area contributed by atoms with Gasteiger partial charge in [-0.25, -0.2) is 0 Å². The minimum atomic E-state index is -1.34. The van der Waals surface area contributed by atoms with Crippen molar-refractivity contribution in [3.63, 3.8) is 0 Å². The number of hydrogen-bond acceptors (Lipinski definition) is 3. The van der Waals surface area contributed by atoms with E-state index in [1.165, 1.54) is 13.8 Å². The fourth-order valence-electron chi connectivity index (χ4n) is 1.83. The first-order valence-corrected chi connectivity index (χ1v) is 4.27. The summed E-state index contributed by atoms with van der Waals surface area (Å²) in [4.78, 5) is 22.0. The molecule has 0 aliphatic heterocycles. The molecule has 1 rings (SSSR count). The van der Waals surface area contributed by atoms with E-state index in [2.05, 4.69) is 0 Å². The third-order valence-corrected chi connectivity index (χ3v) is 2.91. The fourth-order valence-corrected chi connectivity index (χ4v) is 1.83. The molecule has 1 aliphatic carbocycles. The predicted molar refractivity (Wildman–Crippen MR) is 45.2 cm³/mol. The minimum absolute atomic E-state index is 0.0498. The van der Waals surface area contributed by atoms with Crippen LogP contribution in [0.1, 0.15) is 33.1 Å².